The van der Waals surface area contributed by atoms with E-state index in [2.05, 4.69) is 4.98 Å². The van der Waals surface area contributed by atoms with Gasteiger partial charge in [-0.05, 0) is 13.0 Å². The van der Waals surface area contributed by atoms with Crippen molar-refractivity contribution in [1.29, 1.82) is 0 Å². The fourth-order valence-electron chi connectivity index (χ4n) is 1.13. The van der Waals surface area contributed by atoms with E-state index < -0.39 is 15.9 Å². The Morgan fingerprint density at radius 3 is 2.81 bits per heavy atom. The summed E-state index contributed by atoms with van der Waals surface area (Å²) in [6, 6.07) is 3.54. The third kappa shape index (κ3) is 4.51. The van der Waals surface area contributed by atoms with E-state index in [0.717, 1.165) is 5.56 Å². The van der Waals surface area contributed by atoms with Gasteiger partial charge in [0.2, 0.25) is 0 Å². The molecule has 1 unspecified atom stereocenters. The Morgan fingerprint density at radius 2 is 2.25 bits per heavy atom. The molecule has 0 saturated carbocycles. The number of pyridine rings is 1. The van der Waals surface area contributed by atoms with Crippen LogP contribution in [0.1, 0.15) is 18.6 Å². The Morgan fingerprint density at radius 1 is 1.56 bits per heavy atom. The molecule has 0 saturated heterocycles. The van der Waals surface area contributed by atoms with Crippen molar-refractivity contribution in [2.45, 2.75) is 18.1 Å². The molecule has 0 radical (unpaired) electrons. The zero-order valence-corrected chi connectivity index (χ0v) is 10.9. The lowest BCUT2D eigenvalue weighted by molar-refractivity contribution is 0.195. The molecule has 0 aromatic carbocycles. The lowest BCUT2D eigenvalue weighted by Gasteiger charge is -2.09. The van der Waals surface area contributed by atoms with Crippen molar-refractivity contribution in [3.63, 3.8) is 0 Å². The van der Waals surface area contributed by atoms with Gasteiger partial charge in [-0.1, -0.05) is 6.07 Å². The molecular weight excluding hydrogens is 246 g/mol. The third-order valence-electron chi connectivity index (χ3n) is 1.94. The van der Waals surface area contributed by atoms with E-state index in [1.54, 1.807) is 25.3 Å². The first kappa shape index (κ1) is 13.5. The molecule has 1 aromatic rings. The Bertz CT molecular complexity index is 443. The molecule has 1 rings (SSSR count). The highest BCUT2D eigenvalue weighted by atomic mass is 32.2. The molecule has 0 spiro atoms. The Labute approximate surface area is 100 Å². The van der Waals surface area contributed by atoms with Crippen molar-refractivity contribution in [3.8, 4) is 0 Å². The normalized spacial score (nSPS) is 13.7. The Kier molecular flexibility index (Phi) is 4.76. The highest BCUT2D eigenvalue weighted by Gasteiger charge is 2.10. The predicted octanol–water partition coefficient (Wildman–Crippen LogP) is 1.27. The molecule has 90 valence electrons. The van der Waals surface area contributed by atoms with Gasteiger partial charge in [0, 0.05) is 23.8 Å². The monoisotopic (exact) mass is 261 g/mol. The molecule has 0 fully saturated rings. The first-order chi connectivity index (χ1) is 7.40. The summed E-state index contributed by atoms with van der Waals surface area (Å²) in [7, 11) is -2.94. The second kappa shape index (κ2) is 5.65. The molecule has 1 N–H and O–H groups in total. The third-order valence-corrected chi connectivity index (χ3v) is 4.17. The fraction of sp³-hybridized carbons (Fsp3) is 0.500. The summed E-state index contributed by atoms with van der Waals surface area (Å²) in [5, 5.41) is 10.2. The summed E-state index contributed by atoms with van der Waals surface area (Å²) in [5.74, 6) is 0.572. The highest BCUT2D eigenvalue weighted by molar-refractivity contribution is 8.00. The quantitative estimate of drug-likeness (QED) is 0.809. The van der Waals surface area contributed by atoms with Gasteiger partial charge in [-0.3, -0.25) is 0 Å². The topological polar surface area (TPSA) is 67.3 Å². The number of thioether (sulfide) groups is 1. The lowest BCUT2D eigenvalue weighted by atomic mass is 10.2. The molecule has 16 heavy (non-hydrogen) atoms. The van der Waals surface area contributed by atoms with Crippen LogP contribution in [0.4, 0.5) is 0 Å². The second-order valence-corrected chi connectivity index (χ2v) is 6.90. The van der Waals surface area contributed by atoms with Crippen molar-refractivity contribution in [3.05, 3.63) is 23.9 Å². The molecule has 0 aliphatic heterocycles. The van der Waals surface area contributed by atoms with Crippen molar-refractivity contribution < 1.29 is 13.5 Å². The maximum absolute atomic E-state index is 11.0. The van der Waals surface area contributed by atoms with Crippen molar-refractivity contribution in [2.24, 2.45) is 0 Å². The summed E-state index contributed by atoms with van der Waals surface area (Å²) >= 11 is 1.35. The van der Waals surface area contributed by atoms with Crippen LogP contribution < -0.4 is 0 Å². The second-order valence-electron chi connectivity index (χ2n) is 3.55. The van der Waals surface area contributed by atoms with Crippen LogP contribution in [-0.4, -0.2) is 36.3 Å². The molecule has 0 amide bonds. The van der Waals surface area contributed by atoms with Crippen LogP contribution in [0.25, 0.3) is 0 Å². The lowest BCUT2D eigenvalue weighted by Crippen LogP contribution is -2.06. The van der Waals surface area contributed by atoms with Crippen molar-refractivity contribution >= 4 is 21.6 Å². The summed E-state index contributed by atoms with van der Waals surface area (Å²) in [4.78, 5) is 4.13. The minimum absolute atomic E-state index is 0.119. The first-order valence-electron chi connectivity index (χ1n) is 4.83. The molecular formula is C10H15NO3S2. The van der Waals surface area contributed by atoms with Crippen LogP contribution in [0.5, 0.6) is 0 Å². The van der Waals surface area contributed by atoms with E-state index in [0.29, 0.717) is 10.8 Å². The number of aliphatic hydroxyl groups excluding tert-OH is 1. The Balaban J connectivity index is 2.67. The van der Waals surface area contributed by atoms with Crippen molar-refractivity contribution in [2.75, 3.05) is 17.8 Å². The van der Waals surface area contributed by atoms with Gasteiger partial charge >= 0.3 is 0 Å². The number of sulfone groups is 1. The van der Waals surface area contributed by atoms with Gasteiger partial charge in [-0.25, -0.2) is 13.4 Å². The van der Waals surface area contributed by atoms with Crippen molar-refractivity contribution in [1.82, 2.24) is 4.98 Å². The van der Waals surface area contributed by atoms with Crippen LogP contribution >= 0.6 is 11.8 Å². The minimum atomic E-state index is -2.94. The molecule has 0 aliphatic rings. The average Bonchev–Trinajstić information content (AvgIpc) is 2.16. The summed E-state index contributed by atoms with van der Waals surface area (Å²) in [5.41, 5.74) is 0.737. The van der Waals surface area contributed by atoms with E-state index in [1.165, 1.54) is 18.0 Å². The zero-order chi connectivity index (χ0) is 12.2. The van der Waals surface area contributed by atoms with E-state index >= 15 is 0 Å². The van der Waals surface area contributed by atoms with Crippen LogP contribution in [0, 0.1) is 0 Å². The molecule has 0 bridgehead atoms. The molecule has 1 heterocycles. The average molecular weight is 261 g/mol. The van der Waals surface area contributed by atoms with Gasteiger partial charge < -0.3 is 5.11 Å². The molecule has 1 aromatic heterocycles. The maximum atomic E-state index is 11.0. The van der Waals surface area contributed by atoms with E-state index in [9.17, 15) is 13.5 Å². The number of aliphatic hydroxyl groups is 1. The highest BCUT2D eigenvalue weighted by Crippen LogP contribution is 2.24. The van der Waals surface area contributed by atoms with Crippen LogP contribution in [-0.2, 0) is 9.84 Å². The van der Waals surface area contributed by atoms with Crippen LogP contribution in [0.3, 0.4) is 0 Å². The van der Waals surface area contributed by atoms with Gasteiger partial charge in [0.15, 0.2) is 0 Å². The summed E-state index contributed by atoms with van der Waals surface area (Å²) < 4.78 is 21.9. The smallest absolute Gasteiger partial charge is 0.148 e. The number of rotatable bonds is 5. The standard InChI is InChI=1S/C10H15NO3S2/c1-8(12)9-4-3-5-11-10(9)15-6-7-16(2,13)14/h3-5,8,12H,6-7H2,1-2H3. The number of hydrogen-bond donors (Lipinski definition) is 1. The number of aromatic nitrogens is 1. The zero-order valence-electron chi connectivity index (χ0n) is 9.25. The molecule has 1 atom stereocenters. The SMILES string of the molecule is CC(O)c1cccnc1SCCS(C)(=O)=O. The Hall–Kier alpha value is -0.590. The van der Waals surface area contributed by atoms with Crippen LogP contribution in [0.15, 0.2) is 23.4 Å². The molecule has 0 aliphatic carbocycles. The first-order valence-corrected chi connectivity index (χ1v) is 7.88. The molecule has 4 nitrogen and oxygen atoms in total. The van der Waals surface area contributed by atoms with E-state index in [4.69, 9.17) is 0 Å². The van der Waals surface area contributed by atoms with E-state index in [-0.39, 0.29) is 5.75 Å². The van der Waals surface area contributed by atoms with Gasteiger partial charge in [0.05, 0.1) is 11.9 Å². The number of hydrogen-bond acceptors (Lipinski definition) is 5. The van der Waals surface area contributed by atoms with Gasteiger partial charge in [-0.15, -0.1) is 11.8 Å². The largest absolute Gasteiger partial charge is 0.389 e. The fourth-order valence-corrected chi connectivity index (χ4v) is 3.41. The number of nitrogens with zero attached hydrogens (tertiary/aromatic N) is 1. The van der Waals surface area contributed by atoms with Gasteiger partial charge in [0.1, 0.15) is 14.9 Å². The maximum Gasteiger partial charge on any atom is 0.148 e. The molecule has 6 heteroatoms. The van der Waals surface area contributed by atoms with Gasteiger partial charge in [0.25, 0.3) is 0 Å². The van der Waals surface area contributed by atoms with Gasteiger partial charge in [-0.2, -0.15) is 0 Å². The van der Waals surface area contributed by atoms with E-state index in [1.807, 2.05) is 0 Å². The van der Waals surface area contributed by atoms with Crippen LogP contribution in [0.2, 0.25) is 0 Å². The minimum Gasteiger partial charge on any atom is -0.389 e. The summed E-state index contributed by atoms with van der Waals surface area (Å²) in [6.45, 7) is 1.66. The summed E-state index contributed by atoms with van der Waals surface area (Å²) in [6.07, 6.45) is 2.25. The predicted molar refractivity (Wildman–Crippen MR) is 65.3 cm³/mol.